The summed E-state index contributed by atoms with van der Waals surface area (Å²) in [6.45, 7) is 5.11. The molecule has 4 nitrogen and oxygen atoms in total. The molecule has 0 aromatic carbocycles. The van der Waals surface area contributed by atoms with Crippen molar-refractivity contribution in [1.29, 1.82) is 0 Å². The standard InChI is InChI=1S/C13H14N2O2/c1-8-6-10-9(4-5-13(2,3)17)7-14-12(16)11(10)15-8/h6-7,15,17H,1-3H3,(H,14,16). The van der Waals surface area contributed by atoms with Gasteiger partial charge in [0.2, 0.25) is 0 Å². The number of hydrogen-bond donors (Lipinski definition) is 3. The number of aryl methyl sites for hydroxylation is 1. The number of rotatable bonds is 0. The van der Waals surface area contributed by atoms with E-state index >= 15 is 0 Å². The number of aliphatic hydroxyl groups is 1. The average Bonchev–Trinajstić information content (AvgIpc) is 2.58. The number of H-pyrrole nitrogens is 2. The second-order valence-electron chi connectivity index (χ2n) is 4.58. The molecule has 2 aromatic heterocycles. The molecular formula is C13H14N2O2. The minimum atomic E-state index is -1.05. The molecule has 17 heavy (non-hydrogen) atoms. The lowest BCUT2D eigenvalue weighted by Crippen LogP contribution is -2.14. The van der Waals surface area contributed by atoms with E-state index in [1.54, 1.807) is 20.0 Å². The zero-order valence-electron chi connectivity index (χ0n) is 10.0. The summed E-state index contributed by atoms with van der Waals surface area (Å²) in [6.07, 6.45) is 1.57. The maximum Gasteiger partial charge on any atom is 0.272 e. The Balaban J connectivity index is 2.66. The molecule has 0 aliphatic heterocycles. The quantitative estimate of drug-likeness (QED) is 0.597. The zero-order chi connectivity index (χ0) is 12.6. The maximum atomic E-state index is 11.6. The Kier molecular flexibility index (Phi) is 2.56. The van der Waals surface area contributed by atoms with Crippen molar-refractivity contribution in [2.45, 2.75) is 26.4 Å². The molecule has 2 aromatic rings. The third-order valence-corrected chi connectivity index (χ3v) is 2.32. The summed E-state index contributed by atoms with van der Waals surface area (Å²) in [5.74, 6) is 5.61. The summed E-state index contributed by atoms with van der Waals surface area (Å²) in [4.78, 5) is 17.2. The zero-order valence-corrected chi connectivity index (χ0v) is 10.0. The average molecular weight is 230 g/mol. The molecule has 0 radical (unpaired) electrons. The predicted molar refractivity (Wildman–Crippen MR) is 66.8 cm³/mol. The number of nitrogens with one attached hydrogen (secondary N) is 2. The van der Waals surface area contributed by atoms with Crippen LogP contribution in [0.3, 0.4) is 0 Å². The van der Waals surface area contributed by atoms with Crippen molar-refractivity contribution < 1.29 is 5.11 Å². The molecule has 0 saturated heterocycles. The van der Waals surface area contributed by atoms with Gasteiger partial charge in [0, 0.05) is 17.3 Å². The molecule has 0 amide bonds. The first kappa shape index (κ1) is 11.5. The summed E-state index contributed by atoms with van der Waals surface area (Å²) < 4.78 is 0. The van der Waals surface area contributed by atoms with Crippen LogP contribution in [0.5, 0.6) is 0 Å². The molecule has 0 fully saturated rings. The Morgan fingerprint density at radius 2 is 2.12 bits per heavy atom. The molecule has 2 heterocycles. The lowest BCUT2D eigenvalue weighted by Gasteiger charge is -2.05. The van der Waals surface area contributed by atoms with Crippen molar-refractivity contribution in [3.05, 3.63) is 33.9 Å². The van der Waals surface area contributed by atoms with Crippen molar-refractivity contribution in [2.24, 2.45) is 0 Å². The van der Waals surface area contributed by atoms with Crippen molar-refractivity contribution in [1.82, 2.24) is 9.97 Å². The molecule has 4 heteroatoms. The van der Waals surface area contributed by atoms with Crippen LogP contribution in [-0.2, 0) is 0 Å². The molecule has 0 saturated carbocycles. The summed E-state index contributed by atoms with van der Waals surface area (Å²) in [5.41, 5.74) is 0.911. The summed E-state index contributed by atoms with van der Waals surface area (Å²) >= 11 is 0. The first-order valence-corrected chi connectivity index (χ1v) is 5.33. The highest BCUT2D eigenvalue weighted by atomic mass is 16.3. The van der Waals surface area contributed by atoms with Crippen LogP contribution in [0.2, 0.25) is 0 Å². The van der Waals surface area contributed by atoms with Crippen LogP contribution < -0.4 is 5.56 Å². The predicted octanol–water partition coefficient (Wildman–Crippen LogP) is 1.29. The smallest absolute Gasteiger partial charge is 0.272 e. The molecule has 0 atom stereocenters. The lowest BCUT2D eigenvalue weighted by atomic mass is 10.1. The monoisotopic (exact) mass is 230 g/mol. The Bertz CT molecular complexity index is 675. The number of hydrogen-bond acceptors (Lipinski definition) is 2. The van der Waals surface area contributed by atoms with E-state index in [0.717, 1.165) is 11.1 Å². The van der Waals surface area contributed by atoms with Crippen molar-refractivity contribution in [2.75, 3.05) is 0 Å². The van der Waals surface area contributed by atoms with Crippen LogP contribution in [0.25, 0.3) is 10.9 Å². The minimum absolute atomic E-state index is 0.165. The Morgan fingerprint density at radius 1 is 1.41 bits per heavy atom. The fraction of sp³-hybridized carbons (Fsp3) is 0.308. The molecule has 0 bridgehead atoms. The van der Waals surface area contributed by atoms with Crippen molar-refractivity contribution in [3.8, 4) is 11.8 Å². The molecule has 2 rings (SSSR count). The molecule has 3 N–H and O–H groups in total. The van der Waals surface area contributed by atoms with Gasteiger partial charge in [0.15, 0.2) is 0 Å². The summed E-state index contributed by atoms with van der Waals surface area (Å²) in [7, 11) is 0. The van der Waals surface area contributed by atoms with Crippen LogP contribution in [-0.4, -0.2) is 20.7 Å². The first-order valence-electron chi connectivity index (χ1n) is 5.33. The number of aromatic amines is 2. The van der Waals surface area contributed by atoms with Gasteiger partial charge in [-0.05, 0) is 26.8 Å². The van der Waals surface area contributed by atoms with Gasteiger partial charge in [-0.3, -0.25) is 4.79 Å². The molecule has 0 aliphatic carbocycles. The molecular weight excluding hydrogens is 216 g/mol. The van der Waals surface area contributed by atoms with E-state index in [-0.39, 0.29) is 5.56 Å². The second-order valence-corrected chi connectivity index (χ2v) is 4.58. The largest absolute Gasteiger partial charge is 0.378 e. The van der Waals surface area contributed by atoms with E-state index in [4.69, 9.17) is 0 Å². The van der Waals surface area contributed by atoms with Crippen molar-refractivity contribution in [3.63, 3.8) is 0 Å². The van der Waals surface area contributed by atoms with Gasteiger partial charge in [0.25, 0.3) is 5.56 Å². The maximum absolute atomic E-state index is 11.6. The van der Waals surface area contributed by atoms with E-state index in [1.165, 1.54) is 0 Å². The minimum Gasteiger partial charge on any atom is -0.378 e. The fourth-order valence-electron chi connectivity index (χ4n) is 1.59. The van der Waals surface area contributed by atoms with Crippen molar-refractivity contribution >= 4 is 10.9 Å². The first-order chi connectivity index (χ1) is 7.87. The van der Waals surface area contributed by atoms with E-state index in [0.29, 0.717) is 11.1 Å². The van der Waals surface area contributed by atoms with Crippen LogP contribution in [0, 0.1) is 18.8 Å². The van der Waals surface area contributed by atoms with Crippen LogP contribution in [0.1, 0.15) is 25.1 Å². The highest BCUT2D eigenvalue weighted by molar-refractivity contribution is 5.85. The molecule has 0 unspecified atom stereocenters. The fourth-order valence-corrected chi connectivity index (χ4v) is 1.59. The van der Waals surface area contributed by atoms with Gasteiger partial charge in [-0.1, -0.05) is 11.8 Å². The van der Waals surface area contributed by atoms with Gasteiger partial charge in [0.1, 0.15) is 11.1 Å². The van der Waals surface area contributed by atoms with E-state index in [1.807, 2.05) is 13.0 Å². The van der Waals surface area contributed by atoms with Crippen LogP contribution >= 0.6 is 0 Å². The van der Waals surface area contributed by atoms with Crippen LogP contribution in [0.15, 0.2) is 17.1 Å². The third kappa shape index (κ3) is 2.40. The third-order valence-electron chi connectivity index (χ3n) is 2.32. The highest BCUT2D eigenvalue weighted by Gasteiger charge is 2.08. The van der Waals surface area contributed by atoms with Gasteiger partial charge in [-0.25, -0.2) is 0 Å². The molecule has 0 aliphatic rings. The SMILES string of the molecule is Cc1cc2c(C#CC(C)(C)O)c[nH]c(=O)c2[nH]1. The number of aromatic nitrogens is 2. The topological polar surface area (TPSA) is 68.9 Å². The number of fused-ring (bicyclic) bond motifs is 1. The summed E-state index contributed by atoms with van der Waals surface area (Å²) in [6, 6.07) is 1.87. The Hall–Kier alpha value is -1.99. The second kappa shape index (κ2) is 3.79. The number of pyridine rings is 1. The Morgan fingerprint density at radius 3 is 2.76 bits per heavy atom. The van der Waals surface area contributed by atoms with E-state index < -0.39 is 5.60 Å². The van der Waals surface area contributed by atoms with Gasteiger partial charge in [-0.15, -0.1) is 0 Å². The normalized spacial score (nSPS) is 11.3. The van der Waals surface area contributed by atoms with Crippen LogP contribution in [0.4, 0.5) is 0 Å². The lowest BCUT2D eigenvalue weighted by molar-refractivity contribution is 0.143. The van der Waals surface area contributed by atoms with Gasteiger partial charge in [-0.2, -0.15) is 0 Å². The van der Waals surface area contributed by atoms with Gasteiger partial charge < -0.3 is 15.1 Å². The van der Waals surface area contributed by atoms with Gasteiger partial charge in [0.05, 0.1) is 5.56 Å². The van der Waals surface area contributed by atoms with E-state index in [9.17, 15) is 9.90 Å². The molecule has 88 valence electrons. The Labute approximate surface area is 98.7 Å². The highest BCUT2D eigenvalue weighted by Crippen LogP contribution is 2.15. The summed E-state index contributed by atoms with van der Waals surface area (Å²) in [5, 5.41) is 10.3. The van der Waals surface area contributed by atoms with Gasteiger partial charge >= 0.3 is 0 Å². The van der Waals surface area contributed by atoms with E-state index in [2.05, 4.69) is 21.8 Å². The molecule has 0 spiro atoms.